The second-order valence-corrected chi connectivity index (χ2v) is 18.0. The first kappa shape index (κ1) is 62.4. The van der Waals surface area contributed by atoms with Crippen LogP contribution in [0.15, 0.2) is 84.1 Å². The van der Waals surface area contributed by atoms with Gasteiger partial charge in [0.05, 0.1) is 25.6 Å². The number of primary amides is 2. The molecule has 1 aromatic heterocycles. The van der Waals surface area contributed by atoms with E-state index in [1.807, 2.05) is 0 Å². The minimum Gasteiger partial charge on any atom is -0.508 e. The normalized spacial score (nSPS) is 13.8. The number of carbonyl (C=O) groups excluding carboxylic acids is 10. The van der Waals surface area contributed by atoms with Crippen molar-refractivity contribution in [3.8, 4) is 5.75 Å². The standard InChI is InChI=1S/C49H70N16O12/c1-27(2)19-34(43(72)58-33(42(71)57-25-40(52)69)12-8-18-56-48(53)54-3)63-49(77)65-64-47(76)36(21-28-9-5-4-6-10-28)60-46(75)38(26-66)62-45(74)37(23-39(51)68)61-44(73)35(22-30-11-7-17-55-24-30)59-41(70)32(50)20-29-13-15-31(67)16-14-29/h4-7,9-11,13-17,24,27,32-38,66-67H,8,12,18-23,25-26,50H2,1-3H3,(H2,51,68)(H2,52,69)(H,57,71)(H,58,72)(H,59,70)(H,60,75)(H,61,73)(H,62,74)(H,64,76)(H3,53,54,56)(H2,63,65,77). The summed E-state index contributed by atoms with van der Waals surface area (Å²) >= 11 is 0. The first-order chi connectivity index (χ1) is 36.6. The number of nitrogens with zero attached hydrogens (tertiary/aromatic N) is 2. The Balaban J connectivity index is 1.76. The maximum absolute atomic E-state index is 13.9. The smallest absolute Gasteiger partial charge is 0.334 e. The van der Waals surface area contributed by atoms with E-state index >= 15 is 0 Å². The number of hydrazine groups is 1. The van der Waals surface area contributed by atoms with E-state index in [4.69, 9.17) is 22.9 Å². The monoisotopic (exact) mass is 1070 g/mol. The summed E-state index contributed by atoms with van der Waals surface area (Å²) in [5, 5.41) is 39.8. The SMILES string of the molecule is CN=C(N)NCCCC(NC(=O)C(CC(C)C)NC(=O)NNC(=O)C(Cc1ccccc1)NC(=O)C(CO)NC(=O)C(CC(N)=O)NC(=O)C(Cc1cccnc1)NC(=O)C(N)Cc1ccc(O)cc1)C(=O)NCC(N)=O. The van der Waals surface area contributed by atoms with Crippen LogP contribution in [-0.2, 0) is 62.4 Å². The molecule has 0 aliphatic rings. The zero-order chi connectivity index (χ0) is 57.0. The molecule has 0 saturated heterocycles. The summed E-state index contributed by atoms with van der Waals surface area (Å²) in [6, 6.07) is 6.18. The number of phenols is 1. The number of aliphatic hydroxyl groups is 1. The molecule has 28 heteroatoms. The molecular formula is C49H70N16O12. The minimum absolute atomic E-state index is 0.00106. The van der Waals surface area contributed by atoms with Crippen LogP contribution in [0.1, 0.15) is 56.2 Å². The molecule has 77 heavy (non-hydrogen) atoms. The van der Waals surface area contributed by atoms with E-state index in [2.05, 4.69) is 63.4 Å². The van der Waals surface area contributed by atoms with Gasteiger partial charge in [-0.2, -0.15) is 0 Å². The van der Waals surface area contributed by atoms with E-state index in [1.165, 1.54) is 31.6 Å². The van der Waals surface area contributed by atoms with Crippen molar-refractivity contribution >= 4 is 65.2 Å². The number of carbonyl (C=O) groups is 10. The van der Waals surface area contributed by atoms with Crippen LogP contribution in [0.25, 0.3) is 0 Å². The van der Waals surface area contributed by atoms with Gasteiger partial charge in [-0.1, -0.05) is 62.4 Å². The quantitative estimate of drug-likeness (QED) is 0.0129. The van der Waals surface area contributed by atoms with Crippen molar-refractivity contribution in [1.82, 2.24) is 58.4 Å². The third kappa shape index (κ3) is 23.4. The average Bonchev–Trinajstić information content (AvgIpc) is 3.39. The summed E-state index contributed by atoms with van der Waals surface area (Å²) in [5.74, 6) is -8.50. The van der Waals surface area contributed by atoms with Crippen LogP contribution < -0.4 is 76.3 Å². The number of benzene rings is 2. The molecule has 7 atom stereocenters. The number of aliphatic imine (C=N–C) groups is 1. The lowest BCUT2D eigenvalue weighted by atomic mass is 10.0. The Morgan fingerprint density at radius 3 is 1.75 bits per heavy atom. The van der Waals surface area contributed by atoms with E-state index in [-0.39, 0.29) is 56.3 Å². The number of aromatic hydroxyl groups is 1. The van der Waals surface area contributed by atoms with Gasteiger partial charge >= 0.3 is 6.03 Å². The molecular weight excluding hydrogens is 1000 g/mol. The Morgan fingerprint density at radius 2 is 1.14 bits per heavy atom. The number of guanidine groups is 1. The number of nitrogens with one attached hydrogen (secondary N) is 10. The van der Waals surface area contributed by atoms with Crippen molar-refractivity contribution in [2.75, 3.05) is 26.7 Å². The van der Waals surface area contributed by atoms with E-state index in [0.29, 0.717) is 23.1 Å². The lowest BCUT2D eigenvalue weighted by Gasteiger charge is -2.26. The number of urea groups is 1. The first-order valence-corrected chi connectivity index (χ1v) is 24.3. The Morgan fingerprint density at radius 1 is 0.584 bits per heavy atom. The van der Waals surface area contributed by atoms with Gasteiger partial charge in [-0.25, -0.2) is 10.2 Å². The molecule has 0 spiro atoms. The van der Waals surface area contributed by atoms with Crippen LogP contribution in [0.4, 0.5) is 4.79 Å². The van der Waals surface area contributed by atoms with Crippen LogP contribution in [0.2, 0.25) is 0 Å². The van der Waals surface area contributed by atoms with Crippen molar-refractivity contribution in [2.24, 2.45) is 33.8 Å². The summed E-state index contributed by atoms with van der Waals surface area (Å²) in [6.07, 6.45) is 2.18. The number of rotatable bonds is 30. The van der Waals surface area contributed by atoms with Crippen molar-refractivity contribution in [1.29, 1.82) is 0 Å². The molecule has 7 unspecified atom stereocenters. The molecule has 3 aromatic rings. The van der Waals surface area contributed by atoms with E-state index in [0.717, 1.165) is 0 Å². The number of hydrogen-bond acceptors (Lipinski definition) is 15. The van der Waals surface area contributed by atoms with E-state index in [1.54, 1.807) is 68.4 Å². The number of pyridine rings is 1. The Hall–Kier alpha value is -8.92. The minimum atomic E-state index is -1.82. The van der Waals surface area contributed by atoms with Crippen LogP contribution in [0, 0.1) is 5.92 Å². The second-order valence-electron chi connectivity index (χ2n) is 18.0. The molecule has 418 valence electrons. The molecule has 0 radical (unpaired) electrons. The largest absolute Gasteiger partial charge is 0.508 e. The maximum atomic E-state index is 13.9. The van der Waals surface area contributed by atoms with Gasteiger partial charge in [0.1, 0.15) is 42.0 Å². The molecule has 0 aliphatic heterocycles. The fourth-order valence-corrected chi connectivity index (χ4v) is 7.24. The fourth-order valence-electron chi connectivity index (χ4n) is 7.24. The highest BCUT2D eigenvalue weighted by atomic mass is 16.3. The number of aromatic nitrogens is 1. The molecule has 0 fully saturated rings. The van der Waals surface area contributed by atoms with Crippen LogP contribution in [0.3, 0.4) is 0 Å². The first-order valence-electron chi connectivity index (χ1n) is 24.3. The van der Waals surface area contributed by atoms with Gasteiger partial charge in [-0.05, 0) is 66.5 Å². The van der Waals surface area contributed by atoms with Gasteiger partial charge in [0.2, 0.25) is 47.3 Å². The molecule has 2 aromatic carbocycles. The Bertz CT molecular complexity index is 2500. The number of aliphatic hydroxyl groups excluding tert-OH is 1. The highest BCUT2D eigenvalue weighted by Crippen LogP contribution is 2.12. The number of amides is 11. The number of phenolic OH excluding ortho intramolecular Hbond substituents is 1. The highest BCUT2D eigenvalue weighted by molar-refractivity contribution is 5.98. The molecule has 11 amide bonds. The summed E-state index contributed by atoms with van der Waals surface area (Å²) in [5.41, 5.74) is 28.4. The second kappa shape index (κ2) is 32.4. The van der Waals surface area contributed by atoms with Crippen molar-refractivity contribution in [3.05, 3.63) is 95.8 Å². The van der Waals surface area contributed by atoms with Gasteiger partial charge in [0.25, 0.3) is 5.91 Å². The third-order valence-corrected chi connectivity index (χ3v) is 11.2. The zero-order valence-electron chi connectivity index (χ0n) is 42.9. The van der Waals surface area contributed by atoms with Gasteiger partial charge in [-0.15, -0.1) is 0 Å². The summed E-state index contributed by atoms with van der Waals surface area (Å²) in [4.78, 5) is 140. The molecule has 0 bridgehead atoms. The number of hydrogen-bond donors (Lipinski definition) is 16. The summed E-state index contributed by atoms with van der Waals surface area (Å²) in [7, 11) is 1.47. The van der Waals surface area contributed by atoms with E-state index < -0.39 is 121 Å². The summed E-state index contributed by atoms with van der Waals surface area (Å²) in [6.45, 7) is 2.22. The van der Waals surface area contributed by atoms with Gasteiger partial charge < -0.3 is 75.7 Å². The molecule has 28 nitrogen and oxygen atoms in total. The van der Waals surface area contributed by atoms with Gasteiger partial charge in [-0.3, -0.25) is 58.6 Å². The van der Waals surface area contributed by atoms with Crippen molar-refractivity contribution in [3.63, 3.8) is 0 Å². The lowest BCUT2D eigenvalue weighted by Crippen LogP contribution is -2.61. The van der Waals surface area contributed by atoms with Gasteiger partial charge in [0.15, 0.2) is 5.96 Å². The Labute approximate surface area is 443 Å². The van der Waals surface area contributed by atoms with Crippen molar-refractivity contribution in [2.45, 2.75) is 101 Å². The molecule has 0 saturated carbocycles. The highest BCUT2D eigenvalue weighted by Gasteiger charge is 2.34. The lowest BCUT2D eigenvalue weighted by molar-refractivity contribution is -0.136. The van der Waals surface area contributed by atoms with Crippen LogP contribution in [0.5, 0.6) is 5.75 Å². The average molecular weight is 1080 g/mol. The van der Waals surface area contributed by atoms with Crippen LogP contribution in [-0.4, -0.2) is 149 Å². The fraction of sp³-hybridized carbons (Fsp3) is 0.429. The number of nitrogens with two attached hydrogens (primary N) is 4. The predicted octanol–water partition coefficient (Wildman–Crippen LogP) is -4.91. The topological polar surface area (TPSA) is 461 Å². The zero-order valence-corrected chi connectivity index (χ0v) is 42.9. The predicted molar refractivity (Wildman–Crippen MR) is 278 cm³/mol. The molecule has 3 rings (SSSR count). The molecule has 0 aliphatic carbocycles. The molecule has 20 N–H and O–H groups in total. The van der Waals surface area contributed by atoms with Crippen LogP contribution >= 0.6 is 0 Å². The Kier molecular flexibility index (Phi) is 26.2. The summed E-state index contributed by atoms with van der Waals surface area (Å²) < 4.78 is 0. The third-order valence-electron chi connectivity index (χ3n) is 11.2. The molecule has 1 heterocycles. The van der Waals surface area contributed by atoms with Gasteiger partial charge in [0, 0.05) is 38.8 Å². The van der Waals surface area contributed by atoms with E-state index in [9.17, 15) is 58.2 Å². The van der Waals surface area contributed by atoms with Crippen molar-refractivity contribution < 1.29 is 58.2 Å². The maximum Gasteiger partial charge on any atom is 0.334 e.